The van der Waals surface area contributed by atoms with Crippen LogP contribution in [0.5, 0.6) is 0 Å². The summed E-state index contributed by atoms with van der Waals surface area (Å²) in [4.78, 5) is 14.1. The number of nitrogens with zero attached hydrogens (tertiary/aromatic N) is 1. The van der Waals surface area contributed by atoms with E-state index >= 15 is 0 Å². The monoisotopic (exact) mass is 399 g/mol. The van der Waals surface area contributed by atoms with Gasteiger partial charge in [0, 0.05) is 28.4 Å². The molecule has 0 aliphatic carbocycles. The van der Waals surface area contributed by atoms with E-state index in [1.165, 1.54) is 5.56 Å². The van der Waals surface area contributed by atoms with Crippen LogP contribution in [-0.2, 0) is 4.79 Å². The summed E-state index contributed by atoms with van der Waals surface area (Å²) in [5.74, 6) is 0.417. The van der Waals surface area contributed by atoms with Crippen molar-refractivity contribution in [1.29, 1.82) is 0 Å². The molecule has 0 amide bonds. The summed E-state index contributed by atoms with van der Waals surface area (Å²) in [7, 11) is 0. The first-order valence-electron chi connectivity index (χ1n) is 9.25. The smallest absolute Gasteiger partial charge is 0.309 e. The van der Waals surface area contributed by atoms with Gasteiger partial charge in [-0.2, -0.15) is 0 Å². The van der Waals surface area contributed by atoms with Crippen LogP contribution in [0.15, 0.2) is 60.3 Å². The van der Waals surface area contributed by atoms with Gasteiger partial charge in [-0.1, -0.05) is 61.0 Å². The van der Waals surface area contributed by atoms with E-state index in [4.69, 9.17) is 11.6 Å². The predicted molar refractivity (Wildman–Crippen MR) is 112 cm³/mol. The van der Waals surface area contributed by atoms with Gasteiger partial charge in [-0.15, -0.1) is 11.8 Å². The van der Waals surface area contributed by atoms with Gasteiger partial charge in [0.2, 0.25) is 0 Å². The molecule has 1 saturated heterocycles. The molecule has 27 heavy (non-hydrogen) atoms. The highest BCUT2D eigenvalue weighted by atomic mass is 35.5. The third-order valence-electron chi connectivity index (χ3n) is 5.45. The van der Waals surface area contributed by atoms with Crippen LogP contribution in [0.4, 0.5) is 0 Å². The highest BCUT2D eigenvalue weighted by Crippen LogP contribution is 2.55. The Bertz CT molecular complexity index is 866. The van der Waals surface area contributed by atoms with Crippen molar-refractivity contribution in [3.63, 3.8) is 0 Å². The van der Waals surface area contributed by atoms with Gasteiger partial charge in [0.15, 0.2) is 0 Å². The van der Waals surface area contributed by atoms with E-state index in [0.29, 0.717) is 11.1 Å². The Balaban J connectivity index is 1.91. The molecule has 2 heterocycles. The molecule has 0 aromatic heterocycles. The zero-order chi connectivity index (χ0) is 19.0. The van der Waals surface area contributed by atoms with Gasteiger partial charge in [0.25, 0.3) is 0 Å². The van der Waals surface area contributed by atoms with Crippen molar-refractivity contribution in [3.8, 4) is 0 Å². The second-order valence-electron chi connectivity index (χ2n) is 7.02. The van der Waals surface area contributed by atoms with Crippen molar-refractivity contribution in [2.75, 3.05) is 5.75 Å². The Morgan fingerprint density at radius 1 is 1.19 bits per heavy atom. The van der Waals surface area contributed by atoms with E-state index in [0.717, 1.165) is 29.0 Å². The second-order valence-corrected chi connectivity index (χ2v) is 8.61. The van der Waals surface area contributed by atoms with E-state index in [1.807, 2.05) is 42.1 Å². The third-order valence-corrected chi connectivity index (χ3v) is 7.12. The standard InChI is InChI=1S/C22H22ClNO2S/c1-2-17-13-27-22-21(14-6-4-3-5-7-14)20(15-8-10-16(23)11-9-15)18(24(17)22)12-19(25)26/h3-11,17,21-22H,2,12-13H2,1H3,(H,25,26)/t17-,21?,22?/m1/s1. The number of aliphatic carboxylic acids is 1. The molecule has 4 rings (SSSR count). The minimum atomic E-state index is -0.782. The SMILES string of the molecule is CC[C@@H]1CSC2C(c3ccccc3)C(c3ccc(Cl)cc3)=C(CC(=O)O)N21. The molecular weight excluding hydrogens is 378 g/mol. The van der Waals surface area contributed by atoms with Crippen LogP contribution in [0, 0.1) is 0 Å². The lowest BCUT2D eigenvalue weighted by Crippen LogP contribution is -2.34. The highest BCUT2D eigenvalue weighted by molar-refractivity contribution is 8.00. The minimum absolute atomic E-state index is 0.0504. The molecule has 2 aromatic carbocycles. The fourth-order valence-electron chi connectivity index (χ4n) is 4.28. The van der Waals surface area contributed by atoms with Crippen molar-refractivity contribution in [3.05, 3.63) is 76.4 Å². The Morgan fingerprint density at radius 3 is 2.52 bits per heavy atom. The van der Waals surface area contributed by atoms with Crippen molar-refractivity contribution in [2.24, 2.45) is 0 Å². The highest BCUT2D eigenvalue weighted by Gasteiger charge is 2.48. The van der Waals surface area contributed by atoms with Gasteiger partial charge in [0.05, 0.1) is 11.8 Å². The van der Waals surface area contributed by atoms with Gasteiger partial charge in [-0.05, 0) is 35.3 Å². The minimum Gasteiger partial charge on any atom is -0.481 e. The molecule has 2 aliphatic heterocycles. The molecule has 3 nitrogen and oxygen atoms in total. The van der Waals surface area contributed by atoms with Crippen LogP contribution in [-0.4, -0.2) is 33.1 Å². The first-order chi connectivity index (χ1) is 13.1. The summed E-state index contributed by atoms with van der Waals surface area (Å²) in [5.41, 5.74) is 4.40. The molecule has 2 aliphatic rings. The van der Waals surface area contributed by atoms with Crippen molar-refractivity contribution >= 4 is 34.9 Å². The summed E-state index contributed by atoms with van der Waals surface area (Å²) < 4.78 is 0. The fraction of sp³-hybridized carbons (Fsp3) is 0.318. The molecule has 0 saturated carbocycles. The molecule has 3 atom stereocenters. The quantitative estimate of drug-likeness (QED) is 0.723. The zero-order valence-corrected chi connectivity index (χ0v) is 16.7. The number of fused-ring (bicyclic) bond motifs is 1. The predicted octanol–water partition coefficient (Wildman–Crippen LogP) is 5.48. The number of halogens is 1. The van der Waals surface area contributed by atoms with Gasteiger partial charge < -0.3 is 10.0 Å². The topological polar surface area (TPSA) is 40.5 Å². The number of carboxylic acids is 1. The molecule has 1 fully saturated rings. The third kappa shape index (κ3) is 3.37. The van der Waals surface area contributed by atoms with Gasteiger partial charge in [-0.25, -0.2) is 0 Å². The second kappa shape index (κ2) is 7.61. The van der Waals surface area contributed by atoms with E-state index < -0.39 is 5.97 Å². The van der Waals surface area contributed by atoms with Crippen LogP contribution < -0.4 is 0 Å². The molecule has 0 bridgehead atoms. The largest absolute Gasteiger partial charge is 0.481 e. The summed E-state index contributed by atoms with van der Waals surface area (Å²) in [6, 6.07) is 18.6. The zero-order valence-electron chi connectivity index (χ0n) is 15.1. The van der Waals surface area contributed by atoms with E-state index in [-0.39, 0.29) is 17.7 Å². The van der Waals surface area contributed by atoms with Gasteiger partial charge >= 0.3 is 5.97 Å². The number of hydrogen-bond donors (Lipinski definition) is 1. The summed E-state index contributed by atoms with van der Waals surface area (Å²) in [6.07, 6.45) is 1.07. The summed E-state index contributed by atoms with van der Waals surface area (Å²) in [6.45, 7) is 2.18. The van der Waals surface area contributed by atoms with E-state index in [1.54, 1.807) is 0 Å². The number of benzene rings is 2. The Hall–Kier alpha value is -1.91. The summed E-state index contributed by atoms with van der Waals surface area (Å²) in [5, 5.41) is 10.6. The number of carboxylic acid groups (broad SMARTS) is 1. The first-order valence-corrected chi connectivity index (χ1v) is 10.7. The van der Waals surface area contributed by atoms with Crippen LogP contribution in [0.2, 0.25) is 5.02 Å². The van der Waals surface area contributed by atoms with E-state index in [2.05, 4.69) is 36.1 Å². The maximum atomic E-state index is 11.7. The summed E-state index contributed by atoms with van der Waals surface area (Å²) >= 11 is 8.06. The van der Waals surface area contributed by atoms with Crippen LogP contribution in [0.1, 0.15) is 36.8 Å². The molecule has 5 heteroatoms. The Labute approximate surface area is 169 Å². The van der Waals surface area contributed by atoms with Gasteiger partial charge in [-0.3, -0.25) is 4.79 Å². The average Bonchev–Trinajstić information content (AvgIpc) is 3.21. The van der Waals surface area contributed by atoms with Crippen LogP contribution in [0.25, 0.3) is 5.57 Å². The first kappa shape index (κ1) is 18.5. The van der Waals surface area contributed by atoms with E-state index in [9.17, 15) is 9.90 Å². The fourth-order valence-corrected chi connectivity index (χ4v) is 6.17. The number of carbonyl (C=O) groups is 1. The van der Waals surface area contributed by atoms with Crippen LogP contribution in [0.3, 0.4) is 0 Å². The number of rotatable bonds is 5. The van der Waals surface area contributed by atoms with Crippen molar-refractivity contribution in [2.45, 2.75) is 37.1 Å². The lowest BCUT2D eigenvalue weighted by Gasteiger charge is -2.29. The molecule has 0 radical (unpaired) electrons. The van der Waals surface area contributed by atoms with Crippen LogP contribution >= 0.6 is 23.4 Å². The molecule has 1 N–H and O–H groups in total. The molecule has 0 spiro atoms. The lowest BCUT2D eigenvalue weighted by atomic mass is 9.87. The average molecular weight is 400 g/mol. The lowest BCUT2D eigenvalue weighted by molar-refractivity contribution is -0.136. The Kier molecular flexibility index (Phi) is 5.20. The molecule has 140 valence electrons. The van der Waals surface area contributed by atoms with Crippen molar-refractivity contribution in [1.82, 2.24) is 4.90 Å². The van der Waals surface area contributed by atoms with Crippen molar-refractivity contribution < 1.29 is 9.90 Å². The Morgan fingerprint density at radius 2 is 1.89 bits per heavy atom. The number of hydrogen-bond acceptors (Lipinski definition) is 3. The maximum Gasteiger partial charge on any atom is 0.309 e. The number of thioether (sulfide) groups is 1. The molecule has 2 unspecified atom stereocenters. The molecule has 2 aromatic rings. The maximum absolute atomic E-state index is 11.7. The molecular formula is C22H22ClNO2S. The van der Waals surface area contributed by atoms with Gasteiger partial charge in [0.1, 0.15) is 0 Å². The normalized spacial score (nSPS) is 24.4.